The highest BCUT2D eigenvalue weighted by Gasteiger charge is 2.35. The number of rotatable bonds is 5. The molecule has 0 atom stereocenters. The van der Waals surface area contributed by atoms with Crippen LogP contribution in [0.1, 0.15) is 34.2 Å². The van der Waals surface area contributed by atoms with Gasteiger partial charge in [0.25, 0.3) is 0 Å². The van der Waals surface area contributed by atoms with Crippen molar-refractivity contribution < 1.29 is 0 Å². The molecule has 0 saturated carbocycles. The Hall–Kier alpha value is -1.90. The molecule has 0 N–H and O–H groups in total. The SMILES string of the molecule is BrCc1ccccc1C1(c2ccccc2CBr)C=CC(c2ccccc2)=CC1. The maximum absolute atomic E-state index is 3.71. The Bertz CT molecular complexity index is 968. The van der Waals surface area contributed by atoms with Gasteiger partial charge >= 0.3 is 0 Å². The van der Waals surface area contributed by atoms with Crippen LogP contribution in [0.2, 0.25) is 0 Å². The predicted octanol–water partition coefficient (Wildman–Crippen LogP) is 7.81. The quantitative estimate of drug-likeness (QED) is 0.318. The molecule has 2 heteroatoms. The van der Waals surface area contributed by atoms with Crippen molar-refractivity contribution in [3.63, 3.8) is 0 Å². The van der Waals surface area contributed by atoms with Crippen molar-refractivity contribution >= 4 is 37.4 Å². The Morgan fingerprint density at radius 3 is 1.71 bits per heavy atom. The van der Waals surface area contributed by atoms with Gasteiger partial charge in [-0.3, -0.25) is 0 Å². The molecule has 0 nitrogen and oxygen atoms in total. The molecule has 140 valence electrons. The first-order chi connectivity index (χ1) is 13.8. The fraction of sp³-hybridized carbons (Fsp3) is 0.154. The molecular formula is C26H22Br2. The first-order valence-corrected chi connectivity index (χ1v) is 11.8. The minimum Gasteiger partial charge on any atom is -0.0876 e. The molecule has 0 heterocycles. The van der Waals surface area contributed by atoms with Crippen LogP contribution in [-0.4, -0.2) is 0 Å². The smallest absolute Gasteiger partial charge is 0.0425 e. The second-order valence-corrected chi connectivity index (χ2v) is 8.24. The van der Waals surface area contributed by atoms with Crippen LogP contribution in [0.15, 0.2) is 97.1 Å². The van der Waals surface area contributed by atoms with Gasteiger partial charge in [0, 0.05) is 16.1 Å². The summed E-state index contributed by atoms with van der Waals surface area (Å²) >= 11 is 7.41. The Morgan fingerprint density at radius 1 is 0.679 bits per heavy atom. The summed E-state index contributed by atoms with van der Waals surface area (Å²) in [6, 6.07) is 28.2. The summed E-state index contributed by atoms with van der Waals surface area (Å²) in [5.41, 5.74) is 7.84. The topological polar surface area (TPSA) is 0 Å². The molecule has 0 radical (unpaired) electrons. The third-order valence-electron chi connectivity index (χ3n) is 5.58. The molecule has 4 rings (SSSR count). The minimum atomic E-state index is -0.160. The number of benzene rings is 3. The lowest BCUT2D eigenvalue weighted by Gasteiger charge is -2.36. The largest absolute Gasteiger partial charge is 0.0876 e. The van der Waals surface area contributed by atoms with Gasteiger partial charge in [-0.2, -0.15) is 0 Å². The van der Waals surface area contributed by atoms with Crippen molar-refractivity contribution in [2.45, 2.75) is 22.5 Å². The summed E-state index contributed by atoms with van der Waals surface area (Å²) in [7, 11) is 0. The number of alkyl halides is 2. The lowest BCUT2D eigenvalue weighted by molar-refractivity contribution is 0.639. The Kier molecular flexibility index (Phi) is 5.99. The van der Waals surface area contributed by atoms with Gasteiger partial charge in [-0.05, 0) is 39.8 Å². The zero-order valence-corrected chi connectivity index (χ0v) is 18.8. The van der Waals surface area contributed by atoms with Gasteiger partial charge in [-0.25, -0.2) is 0 Å². The molecule has 0 amide bonds. The van der Waals surface area contributed by atoms with Gasteiger partial charge in [0.2, 0.25) is 0 Å². The van der Waals surface area contributed by atoms with Crippen LogP contribution in [0.25, 0.3) is 5.57 Å². The normalized spacial score (nSPS) is 15.3. The molecule has 0 saturated heterocycles. The molecule has 3 aromatic carbocycles. The maximum atomic E-state index is 3.71. The number of halogens is 2. The third kappa shape index (κ3) is 3.56. The summed E-state index contributed by atoms with van der Waals surface area (Å²) < 4.78 is 0. The molecule has 0 unspecified atom stereocenters. The molecule has 0 aliphatic heterocycles. The summed E-state index contributed by atoms with van der Waals surface area (Å²) in [6.07, 6.45) is 8.06. The highest BCUT2D eigenvalue weighted by atomic mass is 79.9. The van der Waals surface area contributed by atoms with E-state index < -0.39 is 0 Å². The van der Waals surface area contributed by atoms with Crippen LogP contribution in [0, 0.1) is 0 Å². The number of hydrogen-bond donors (Lipinski definition) is 0. The average molecular weight is 494 g/mol. The molecule has 1 aliphatic rings. The summed E-state index contributed by atoms with van der Waals surface area (Å²) in [4.78, 5) is 0. The van der Waals surface area contributed by atoms with E-state index in [0.717, 1.165) is 17.1 Å². The predicted molar refractivity (Wildman–Crippen MR) is 127 cm³/mol. The van der Waals surface area contributed by atoms with E-state index in [9.17, 15) is 0 Å². The van der Waals surface area contributed by atoms with E-state index in [-0.39, 0.29) is 5.41 Å². The van der Waals surface area contributed by atoms with Crippen molar-refractivity contribution in [2.24, 2.45) is 0 Å². The van der Waals surface area contributed by atoms with Gasteiger partial charge in [-0.15, -0.1) is 0 Å². The standard InChI is InChI=1S/C26H22Br2/c27-18-22-10-4-6-12-24(22)26(25-13-7-5-11-23(25)19-28)16-14-21(15-17-26)20-8-2-1-3-9-20/h1-16H,17-19H2. The molecular weight excluding hydrogens is 472 g/mol. The second-order valence-electron chi connectivity index (χ2n) is 7.12. The van der Waals surface area contributed by atoms with E-state index in [1.54, 1.807) is 0 Å². The van der Waals surface area contributed by atoms with Gasteiger partial charge in [0.05, 0.1) is 0 Å². The summed E-state index contributed by atoms with van der Waals surface area (Å²) in [6.45, 7) is 0. The molecule has 0 aromatic heterocycles. The van der Waals surface area contributed by atoms with Crippen LogP contribution >= 0.6 is 31.9 Å². The van der Waals surface area contributed by atoms with Gasteiger partial charge in [0.15, 0.2) is 0 Å². The lowest BCUT2D eigenvalue weighted by Crippen LogP contribution is -2.29. The average Bonchev–Trinajstić information content (AvgIpc) is 2.79. The molecule has 28 heavy (non-hydrogen) atoms. The molecule has 3 aromatic rings. The molecule has 1 aliphatic carbocycles. The van der Waals surface area contributed by atoms with Gasteiger partial charge < -0.3 is 0 Å². The van der Waals surface area contributed by atoms with Gasteiger partial charge in [0.1, 0.15) is 0 Å². The second kappa shape index (κ2) is 8.63. The van der Waals surface area contributed by atoms with Gasteiger partial charge in [-0.1, -0.05) is 129 Å². The van der Waals surface area contributed by atoms with Crippen LogP contribution in [0.5, 0.6) is 0 Å². The van der Waals surface area contributed by atoms with Crippen molar-refractivity contribution in [3.05, 3.63) is 125 Å². The highest BCUT2D eigenvalue weighted by Crippen LogP contribution is 2.45. The van der Waals surface area contributed by atoms with Crippen LogP contribution in [0.4, 0.5) is 0 Å². The number of allylic oxidation sites excluding steroid dienone is 4. The van der Waals surface area contributed by atoms with Crippen molar-refractivity contribution in [1.82, 2.24) is 0 Å². The fourth-order valence-corrected chi connectivity index (χ4v) is 5.15. The molecule has 0 fully saturated rings. The van der Waals surface area contributed by atoms with Crippen molar-refractivity contribution in [1.29, 1.82) is 0 Å². The molecule has 0 spiro atoms. The van der Waals surface area contributed by atoms with Crippen LogP contribution in [-0.2, 0) is 16.1 Å². The highest BCUT2D eigenvalue weighted by molar-refractivity contribution is 9.08. The Labute approximate surface area is 184 Å². The van der Waals surface area contributed by atoms with E-state index in [2.05, 4.69) is 129 Å². The third-order valence-corrected chi connectivity index (χ3v) is 6.79. The number of hydrogen-bond acceptors (Lipinski definition) is 0. The van der Waals surface area contributed by atoms with E-state index >= 15 is 0 Å². The zero-order valence-electron chi connectivity index (χ0n) is 15.6. The first kappa shape index (κ1) is 19.4. The maximum Gasteiger partial charge on any atom is 0.0425 e. The lowest BCUT2D eigenvalue weighted by atomic mass is 9.67. The molecule has 0 bridgehead atoms. The van der Waals surface area contributed by atoms with Crippen LogP contribution in [0.3, 0.4) is 0 Å². The van der Waals surface area contributed by atoms with Crippen LogP contribution < -0.4 is 0 Å². The van der Waals surface area contributed by atoms with E-state index in [1.807, 2.05) is 0 Å². The monoisotopic (exact) mass is 492 g/mol. The Morgan fingerprint density at radius 2 is 1.21 bits per heavy atom. The van der Waals surface area contributed by atoms with Crippen molar-refractivity contribution in [2.75, 3.05) is 0 Å². The zero-order chi connectivity index (χ0) is 19.4. The summed E-state index contributed by atoms with van der Waals surface area (Å²) in [5, 5.41) is 1.70. The summed E-state index contributed by atoms with van der Waals surface area (Å²) in [5.74, 6) is 0. The van der Waals surface area contributed by atoms with Crippen molar-refractivity contribution in [3.8, 4) is 0 Å². The Balaban J connectivity index is 1.88. The minimum absolute atomic E-state index is 0.160. The van der Waals surface area contributed by atoms with E-state index in [1.165, 1.54) is 33.4 Å². The van der Waals surface area contributed by atoms with E-state index in [4.69, 9.17) is 0 Å². The first-order valence-electron chi connectivity index (χ1n) is 9.52. The fourth-order valence-electron chi connectivity index (χ4n) is 4.17. The van der Waals surface area contributed by atoms with E-state index in [0.29, 0.717) is 0 Å².